The second-order valence-corrected chi connectivity index (χ2v) is 8.00. The van der Waals surface area contributed by atoms with Crippen LogP contribution in [0.15, 0.2) is 24.7 Å². The Hall–Kier alpha value is -2.41. The molecule has 1 N–H and O–H groups in total. The summed E-state index contributed by atoms with van der Waals surface area (Å²) in [7, 11) is 6.06. The number of carbonyl (C=O) groups excluding carboxylic acids is 1. The minimum Gasteiger partial charge on any atom is -0.367 e. The molecule has 26 heavy (non-hydrogen) atoms. The van der Waals surface area contributed by atoms with E-state index in [1.165, 1.54) is 0 Å². The van der Waals surface area contributed by atoms with Gasteiger partial charge in [0.05, 0.1) is 11.3 Å². The number of hydrogen-bond donors (Lipinski definition) is 1. The molecule has 1 atom stereocenters. The van der Waals surface area contributed by atoms with Gasteiger partial charge in [-0.2, -0.15) is 0 Å². The van der Waals surface area contributed by atoms with Gasteiger partial charge in [-0.3, -0.25) is 4.79 Å². The lowest BCUT2D eigenvalue weighted by atomic mass is 9.70. The number of rotatable bonds is 3. The molecule has 4 heterocycles. The van der Waals surface area contributed by atoms with Gasteiger partial charge in [-0.1, -0.05) is 0 Å². The molecule has 2 aliphatic heterocycles. The monoisotopic (exact) mass is 354 g/mol. The normalized spacial score (nSPS) is 21.8. The number of anilines is 1. The van der Waals surface area contributed by atoms with Crippen LogP contribution < -0.4 is 4.90 Å². The van der Waals surface area contributed by atoms with Gasteiger partial charge in [-0.15, -0.1) is 0 Å². The summed E-state index contributed by atoms with van der Waals surface area (Å²) in [6, 6.07) is 2.03. The van der Waals surface area contributed by atoms with Crippen LogP contribution in [-0.2, 0) is 0 Å². The van der Waals surface area contributed by atoms with Gasteiger partial charge in [0.25, 0.3) is 5.91 Å². The number of carbonyl (C=O) groups is 1. The van der Waals surface area contributed by atoms with E-state index in [0.29, 0.717) is 5.92 Å². The van der Waals surface area contributed by atoms with Crippen molar-refractivity contribution in [2.24, 2.45) is 5.41 Å². The maximum Gasteiger partial charge on any atom is 0.255 e. The molecule has 4 rings (SSSR count). The first-order valence-electron chi connectivity index (χ1n) is 9.01. The maximum absolute atomic E-state index is 12.8. The van der Waals surface area contributed by atoms with Gasteiger partial charge < -0.3 is 19.7 Å². The molecule has 2 saturated heterocycles. The molecule has 1 unspecified atom stereocenters. The van der Waals surface area contributed by atoms with Crippen molar-refractivity contribution < 1.29 is 4.79 Å². The van der Waals surface area contributed by atoms with Gasteiger partial charge in [-0.25, -0.2) is 9.97 Å². The van der Waals surface area contributed by atoms with Crippen molar-refractivity contribution in [1.29, 1.82) is 0 Å². The predicted molar refractivity (Wildman–Crippen MR) is 100 cm³/mol. The molecular formula is C19H26N6O. The zero-order chi connectivity index (χ0) is 18.5. The number of aromatic nitrogens is 3. The van der Waals surface area contributed by atoms with Crippen molar-refractivity contribution in [3.63, 3.8) is 0 Å². The zero-order valence-corrected chi connectivity index (χ0v) is 15.9. The Labute approximate surface area is 154 Å². The smallest absolute Gasteiger partial charge is 0.255 e. The molecule has 0 bridgehead atoms. The molecular weight excluding hydrogens is 328 g/mol. The van der Waals surface area contributed by atoms with Crippen LogP contribution in [0.4, 0.5) is 5.95 Å². The van der Waals surface area contributed by atoms with Gasteiger partial charge in [0.2, 0.25) is 5.95 Å². The van der Waals surface area contributed by atoms with Crippen LogP contribution in [0.5, 0.6) is 0 Å². The Bertz CT molecular complexity index is 823. The molecule has 7 heteroatoms. The van der Waals surface area contributed by atoms with E-state index in [0.717, 1.165) is 48.9 Å². The topological polar surface area (TPSA) is 68.4 Å². The number of likely N-dealkylation sites (N-methyl/N-ethyl adjacent to an activating group) is 1. The van der Waals surface area contributed by atoms with E-state index in [2.05, 4.69) is 21.9 Å². The minimum absolute atomic E-state index is 0.0898. The number of amides is 1. The van der Waals surface area contributed by atoms with Crippen molar-refractivity contribution in [2.75, 3.05) is 52.2 Å². The number of likely N-dealkylation sites (tertiary alicyclic amines) is 2. The molecule has 2 aliphatic rings. The van der Waals surface area contributed by atoms with Gasteiger partial charge in [-0.05, 0) is 25.6 Å². The highest BCUT2D eigenvalue weighted by molar-refractivity contribution is 5.96. The van der Waals surface area contributed by atoms with Crippen molar-refractivity contribution in [1.82, 2.24) is 24.8 Å². The largest absolute Gasteiger partial charge is 0.367 e. The molecule has 7 nitrogen and oxygen atoms in total. The van der Waals surface area contributed by atoms with Crippen molar-refractivity contribution in [2.45, 2.75) is 12.8 Å². The summed E-state index contributed by atoms with van der Waals surface area (Å²) in [5, 5.41) is 0. The number of H-pyrrole nitrogens is 1. The highest BCUT2D eigenvalue weighted by atomic mass is 16.2. The molecule has 1 spiro atoms. The Morgan fingerprint density at radius 2 is 2.08 bits per heavy atom. The lowest BCUT2D eigenvalue weighted by Crippen LogP contribution is -2.61. The molecule has 0 aromatic carbocycles. The standard InChI is InChI=1S/C19H26N6O/c1-13-7-20-8-14(13)17(26)25-11-19(12-25)10-24(4)9-15(19)16-5-6-21-18(22-16)23(2)3/h5-8,15,20H,9-12H2,1-4H3. The molecule has 138 valence electrons. The summed E-state index contributed by atoms with van der Waals surface area (Å²) in [5.74, 6) is 1.19. The van der Waals surface area contributed by atoms with Crippen molar-refractivity contribution >= 4 is 11.9 Å². The summed E-state index contributed by atoms with van der Waals surface area (Å²) in [6.07, 6.45) is 5.52. The fourth-order valence-corrected chi connectivity index (χ4v) is 4.42. The second kappa shape index (κ2) is 6.09. The van der Waals surface area contributed by atoms with Crippen LogP contribution in [0.1, 0.15) is 27.5 Å². The van der Waals surface area contributed by atoms with E-state index in [-0.39, 0.29) is 11.3 Å². The van der Waals surface area contributed by atoms with E-state index in [1.54, 1.807) is 6.20 Å². The average molecular weight is 354 g/mol. The van der Waals surface area contributed by atoms with Crippen LogP contribution in [-0.4, -0.2) is 78.0 Å². The third-order valence-electron chi connectivity index (χ3n) is 5.72. The van der Waals surface area contributed by atoms with Crippen LogP contribution in [0.2, 0.25) is 0 Å². The summed E-state index contributed by atoms with van der Waals surface area (Å²) in [6.45, 7) is 5.50. The van der Waals surface area contributed by atoms with Crippen LogP contribution in [0.3, 0.4) is 0 Å². The van der Waals surface area contributed by atoms with Gasteiger partial charge in [0, 0.05) is 70.2 Å². The number of nitrogens with zero attached hydrogens (tertiary/aromatic N) is 5. The van der Waals surface area contributed by atoms with Crippen molar-refractivity contribution in [3.05, 3.63) is 41.5 Å². The number of aromatic amines is 1. The number of nitrogens with one attached hydrogen (secondary N) is 1. The summed E-state index contributed by atoms with van der Waals surface area (Å²) < 4.78 is 0. The molecule has 2 aromatic rings. The number of hydrogen-bond acceptors (Lipinski definition) is 5. The highest BCUT2D eigenvalue weighted by Gasteiger charge is 2.55. The quantitative estimate of drug-likeness (QED) is 0.901. The molecule has 0 radical (unpaired) electrons. The van der Waals surface area contributed by atoms with Gasteiger partial charge in [0.15, 0.2) is 0 Å². The van der Waals surface area contributed by atoms with Crippen LogP contribution in [0.25, 0.3) is 0 Å². The van der Waals surface area contributed by atoms with E-state index in [1.807, 2.05) is 49.3 Å². The Morgan fingerprint density at radius 1 is 1.31 bits per heavy atom. The Balaban J connectivity index is 1.56. The Morgan fingerprint density at radius 3 is 2.73 bits per heavy atom. The van der Waals surface area contributed by atoms with Gasteiger partial charge in [0.1, 0.15) is 0 Å². The molecule has 2 aromatic heterocycles. The van der Waals surface area contributed by atoms with Gasteiger partial charge >= 0.3 is 0 Å². The lowest BCUT2D eigenvalue weighted by Gasteiger charge is -2.51. The fourth-order valence-electron chi connectivity index (χ4n) is 4.42. The van der Waals surface area contributed by atoms with E-state index >= 15 is 0 Å². The fraction of sp³-hybridized carbons (Fsp3) is 0.526. The van der Waals surface area contributed by atoms with Crippen LogP contribution >= 0.6 is 0 Å². The summed E-state index contributed by atoms with van der Waals surface area (Å²) in [4.78, 5) is 31.2. The summed E-state index contributed by atoms with van der Waals surface area (Å²) >= 11 is 0. The Kier molecular flexibility index (Phi) is 3.99. The zero-order valence-electron chi connectivity index (χ0n) is 15.9. The third kappa shape index (κ3) is 2.67. The average Bonchev–Trinajstić information content (AvgIpc) is 3.16. The maximum atomic E-state index is 12.8. The van der Waals surface area contributed by atoms with E-state index < -0.39 is 0 Å². The minimum atomic E-state index is 0.0898. The summed E-state index contributed by atoms with van der Waals surface area (Å²) in [5.41, 5.74) is 2.95. The van der Waals surface area contributed by atoms with E-state index in [4.69, 9.17) is 4.98 Å². The second-order valence-electron chi connectivity index (χ2n) is 8.00. The highest BCUT2D eigenvalue weighted by Crippen LogP contribution is 2.48. The molecule has 0 aliphatic carbocycles. The first kappa shape index (κ1) is 17.0. The molecule has 1 amide bonds. The first-order valence-corrected chi connectivity index (χ1v) is 9.01. The number of aryl methyl sites for hydroxylation is 1. The molecule has 0 saturated carbocycles. The molecule has 2 fully saturated rings. The first-order chi connectivity index (χ1) is 12.4. The predicted octanol–water partition coefficient (Wildman–Crippen LogP) is 1.35. The third-order valence-corrected chi connectivity index (χ3v) is 5.72. The van der Waals surface area contributed by atoms with Crippen LogP contribution in [0, 0.1) is 12.3 Å². The SMILES string of the molecule is Cc1c[nH]cc1C(=O)N1CC2(CN(C)CC2c2ccnc(N(C)C)n2)C1. The van der Waals surface area contributed by atoms with Crippen molar-refractivity contribution in [3.8, 4) is 0 Å². The van der Waals surface area contributed by atoms with E-state index in [9.17, 15) is 4.79 Å². The lowest BCUT2D eigenvalue weighted by molar-refractivity contribution is 0.00351.